The first-order valence-corrected chi connectivity index (χ1v) is 13.6. The zero-order chi connectivity index (χ0) is 29.1. The first-order chi connectivity index (χ1) is 19.6. The molecule has 6 heteroatoms. The summed E-state index contributed by atoms with van der Waals surface area (Å²) < 4.78 is 31.7. The van der Waals surface area contributed by atoms with Gasteiger partial charge in [0.15, 0.2) is 0 Å². The van der Waals surface area contributed by atoms with Crippen LogP contribution in [0.1, 0.15) is 43.0 Å². The number of allylic oxidation sites excluding steroid dienone is 1. The molecular formula is C35H34FNO4. The zero-order valence-corrected chi connectivity index (χ0v) is 24.0. The molecule has 0 saturated carbocycles. The fraction of sp³-hybridized carbons (Fsp3) is 0.229. The lowest BCUT2D eigenvalue weighted by molar-refractivity contribution is -0.133. The van der Waals surface area contributed by atoms with Crippen molar-refractivity contribution in [3.63, 3.8) is 0 Å². The third kappa shape index (κ3) is 6.27. The van der Waals surface area contributed by atoms with Gasteiger partial charge in [-0.2, -0.15) is 0 Å². The minimum atomic E-state index is -0.353. The molecule has 4 aromatic carbocycles. The Hall–Kier alpha value is -4.58. The number of halogens is 1. The number of aryl methyl sites for hydroxylation is 1. The molecule has 0 radical (unpaired) electrons. The highest BCUT2D eigenvalue weighted by molar-refractivity contribution is 5.88. The van der Waals surface area contributed by atoms with Crippen LogP contribution in [0.4, 0.5) is 10.1 Å². The summed E-state index contributed by atoms with van der Waals surface area (Å²) in [5, 5.41) is 3.60. The number of anilines is 1. The van der Waals surface area contributed by atoms with Crippen molar-refractivity contribution >= 4 is 17.2 Å². The molecule has 1 N–H and O–H groups in total. The summed E-state index contributed by atoms with van der Waals surface area (Å²) in [5.74, 6) is 0.751. The molecule has 4 aromatic rings. The topological polar surface area (TPSA) is 56.8 Å². The summed E-state index contributed by atoms with van der Waals surface area (Å²) in [7, 11) is 1.59. The fourth-order valence-corrected chi connectivity index (χ4v) is 5.37. The van der Waals surface area contributed by atoms with Crippen LogP contribution in [0.25, 0.3) is 16.7 Å². The van der Waals surface area contributed by atoms with E-state index in [4.69, 9.17) is 14.2 Å². The first-order valence-electron chi connectivity index (χ1n) is 13.6. The number of carbonyl (C=O) groups excluding carboxylic acids is 1. The summed E-state index contributed by atoms with van der Waals surface area (Å²) in [4.78, 5) is 12.6. The summed E-state index contributed by atoms with van der Waals surface area (Å²) >= 11 is 0. The van der Waals surface area contributed by atoms with Crippen molar-refractivity contribution < 1.29 is 23.4 Å². The Bertz CT molecular complexity index is 1630. The van der Waals surface area contributed by atoms with Gasteiger partial charge >= 0.3 is 5.97 Å². The lowest BCUT2D eigenvalue weighted by atomic mass is 9.85. The van der Waals surface area contributed by atoms with Crippen molar-refractivity contribution in [3.8, 4) is 28.4 Å². The third-order valence-corrected chi connectivity index (χ3v) is 7.15. The molecule has 0 saturated heterocycles. The highest BCUT2D eigenvalue weighted by Gasteiger charge is 2.27. The Balaban J connectivity index is 1.52. The van der Waals surface area contributed by atoms with Crippen LogP contribution in [0.2, 0.25) is 0 Å². The van der Waals surface area contributed by atoms with E-state index in [1.54, 1.807) is 25.3 Å². The number of methoxy groups -OCH3 is 1. The molecule has 0 aliphatic carbocycles. The molecule has 5 rings (SSSR count). The van der Waals surface area contributed by atoms with Gasteiger partial charge in [0.1, 0.15) is 29.7 Å². The summed E-state index contributed by atoms with van der Waals surface area (Å²) in [6.45, 7) is 8.45. The summed E-state index contributed by atoms with van der Waals surface area (Å²) in [5.41, 5.74) is 7.35. The number of ether oxygens (including phenoxy) is 3. The number of benzene rings is 4. The average molecular weight is 552 g/mol. The lowest BCUT2D eigenvalue weighted by Gasteiger charge is -2.33. The van der Waals surface area contributed by atoms with E-state index in [9.17, 15) is 9.18 Å². The van der Waals surface area contributed by atoms with Gasteiger partial charge in [0.25, 0.3) is 0 Å². The second-order valence-corrected chi connectivity index (χ2v) is 10.9. The maximum Gasteiger partial charge on any atom is 0.315 e. The maximum absolute atomic E-state index is 14.0. The first kappa shape index (κ1) is 28.0. The van der Waals surface area contributed by atoms with Crippen molar-refractivity contribution in [2.75, 3.05) is 12.4 Å². The predicted molar refractivity (Wildman–Crippen MR) is 161 cm³/mol. The molecule has 0 atom stereocenters. The molecule has 1 heterocycles. The third-order valence-electron chi connectivity index (χ3n) is 7.15. The number of carbonyl (C=O) groups is 1. The average Bonchev–Trinajstić information content (AvgIpc) is 2.93. The largest absolute Gasteiger partial charge is 0.496 e. The highest BCUT2D eigenvalue weighted by Crippen LogP contribution is 2.43. The molecule has 5 nitrogen and oxygen atoms in total. The van der Waals surface area contributed by atoms with Crippen molar-refractivity contribution in [2.45, 2.75) is 46.3 Å². The van der Waals surface area contributed by atoms with E-state index in [1.165, 1.54) is 12.1 Å². The van der Waals surface area contributed by atoms with Crippen LogP contribution in [0.15, 0.2) is 84.9 Å². The molecule has 0 aromatic heterocycles. The minimum absolute atomic E-state index is 0.172. The van der Waals surface area contributed by atoms with Crippen molar-refractivity contribution in [3.05, 3.63) is 113 Å². The van der Waals surface area contributed by atoms with Gasteiger partial charge < -0.3 is 19.5 Å². The molecule has 1 aliphatic heterocycles. The Labute approximate surface area is 240 Å². The molecular weight excluding hydrogens is 517 g/mol. The number of esters is 1. The van der Waals surface area contributed by atoms with E-state index in [0.717, 1.165) is 44.6 Å². The van der Waals surface area contributed by atoms with Gasteiger partial charge in [-0.05, 0) is 74.2 Å². The molecule has 210 valence electrons. The standard InChI is InChI=1S/C35H34FNO4/c1-22-11-12-25(36)18-31(22)40-21-29-27(15-16-30-34(29)23(2)20-35(3,4)37-30)28-14-13-26(19-32(28)39-5)41-33(38)17-24-9-7-6-8-10-24/h6-16,18-20,37H,17,21H2,1-5H3. The molecule has 0 fully saturated rings. The SMILES string of the molecule is COc1cc(OC(=O)Cc2ccccc2)ccc1-c1ccc2c(c1COc1cc(F)ccc1C)C(C)=CC(C)(C)N2. The number of rotatable bonds is 8. The summed E-state index contributed by atoms with van der Waals surface area (Å²) in [6, 6.07) is 23.5. The van der Waals surface area contributed by atoms with Crippen molar-refractivity contribution in [2.24, 2.45) is 0 Å². The predicted octanol–water partition coefficient (Wildman–Crippen LogP) is 8.14. The number of hydrogen-bond donors (Lipinski definition) is 1. The quantitative estimate of drug-likeness (QED) is 0.177. The van der Waals surface area contributed by atoms with Gasteiger partial charge in [0.2, 0.25) is 0 Å². The van der Waals surface area contributed by atoms with Gasteiger partial charge in [-0.15, -0.1) is 0 Å². The molecule has 0 bridgehead atoms. The number of hydrogen-bond acceptors (Lipinski definition) is 5. The van der Waals surface area contributed by atoms with Crippen LogP contribution in [-0.4, -0.2) is 18.6 Å². The van der Waals surface area contributed by atoms with Crippen LogP contribution in [0.3, 0.4) is 0 Å². The van der Waals surface area contributed by atoms with E-state index in [0.29, 0.717) is 17.2 Å². The number of nitrogens with one attached hydrogen (secondary N) is 1. The van der Waals surface area contributed by atoms with Gasteiger partial charge in [-0.1, -0.05) is 48.5 Å². The van der Waals surface area contributed by atoms with Crippen LogP contribution in [0.5, 0.6) is 17.2 Å². The fourth-order valence-electron chi connectivity index (χ4n) is 5.37. The Morgan fingerprint density at radius 2 is 1.66 bits per heavy atom. The van der Waals surface area contributed by atoms with Gasteiger partial charge in [0.05, 0.1) is 19.1 Å². The Morgan fingerprint density at radius 1 is 0.902 bits per heavy atom. The van der Waals surface area contributed by atoms with E-state index >= 15 is 0 Å². The summed E-state index contributed by atoms with van der Waals surface area (Å²) in [6.07, 6.45) is 2.37. The van der Waals surface area contributed by atoms with E-state index in [2.05, 4.69) is 38.2 Å². The molecule has 41 heavy (non-hydrogen) atoms. The maximum atomic E-state index is 14.0. The van der Waals surface area contributed by atoms with Crippen LogP contribution < -0.4 is 19.5 Å². The van der Waals surface area contributed by atoms with Crippen molar-refractivity contribution in [1.82, 2.24) is 0 Å². The van der Waals surface area contributed by atoms with Crippen LogP contribution in [0, 0.1) is 12.7 Å². The molecule has 0 amide bonds. The van der Waals surface area contributed by atoms with Gasteiger partial charge in [-0.25, -0.2) is 4.39 Å². The van der Waals surface area contributed by atoms with Gasteiger partial charge in [-0.3, -0.25) is 4.79 Å². The van der Waals surface area contributed by atoms with E-state index < -0.39 is 0 Å². The lowest BCUT2D eigenvalue weighted by Crippen LogP contribution is -2.32. The monoisotopic (exact) mass is 551 g/mol. The minimum Gasteiger partial charge on any atom is -0.496 e. The Morgan fingerprint density at radius 3 is 2.41 bits per heavy atom. The molecule has 0 spiro atoms. The second kappa shape index (κ2) is 11.5. The smallest absolute Gasteiger partial charge is 0.315 e. The van der Waals surface area contributed by atoms with E-state index in [-0.39, 0.29) is 30.4 Å². The zero-order valence-electron chi connectivity index (χ0n) is 24.0. The van der Waals surface area contributed by atoms with Crippen molar-refractivity contribution in [1.29, 1.82) is 0 Å². The number of fused-ring (bicyclic) bond motifs is 1. The second-order valence-electron chi connectivity index (χ2n) is 10.9. The van der Waals surface area contributed by atoms with Gasteiger partial charge in [0, 0.05) is 34.5 Å². The van der Waals surface area contributed by atoms with Crippen LogP contribution in [-0.2, 0) is 17.8 Å². The highest BCUT2D eigenvalue weighted by atomic mass is 19.1. The normalized spacial score (nSPS) is 13.5. The molecule has 1 aliphatic rings. The Kier molecular flexibility index (Phi) is 7.84. The van der Waals surface area contributed by atoms with E-state index in [1.807, 2.05) is 49.4 Å². The van der Waals surface area contributed by atoms with Crippen LogP contribution >= 0.6 is 0 Å². The molecule has 0 unspecified atom stereocenters.